The lowest BCUT2D eigenvalue weighted by atomic mass is 9.94. The maximum absolute atomic E-state index is 12.7. The summed E-state index contributed by atoms with van der Waals surface area (Å²) in [5.74, 6) is 0.0748. The van der Waals surface area contributed by atoms with Crippen LogP contribution < -0.4 is 5.32 Å². The lowest BCUT2D eigenvalue weighted by molar-refractivity contribution is -0.127. The third kappa shape index (κ3) is 4.92. The summed E-state index contributed by atoms with van der Waals surface area (Å²) < 4.78 is 0. The molecule has 1 saturated carbocycles. The first-order valence-corrected chi connectivity index (χ1v) is 10.3. The second-order valence-corrected chi connectivity index (χ2v) is 8.23. The van der Waals surface area contributed by atoms with Gasteiger partial charge in [0, 0.05) is 30.1 Å². The van der Waals surface area contributed by atoms with E-state index in [-0.39, 0.29) is 17.7 Å². The second-order valence-electron chi connectivity index (χ2n) is 7.39. The molecule has 6 heteroatoms. The lowest BCUT2D eigenvalue weighted by Crippen LogP contribution is -2.45. The molecule has 0 spiro atoms. The van der Waals surface area contributed by atoms with Crippen LogP contribution in [0.4, 0.5) is 0 Å². The van der Waals surface area contributed by atoms with E-state index in [1.807, 2.05) is 0 Å². The van der Waals surface area contributed by atoms with Gasteiger partial charge in [0.1, 0.15) is 0 Å². The van der Waals surface area contributed by atoms with Gasteiger partial charge in [-0.2, -0.15) is 0 Å². The zero-order valence-corrected chi connectivity index (χ0v) is 16.5. The summed E-state index contributed by atoms with van der Waals surface area (Å²) in [6.07, 6.45) is 8.57. The van der Waals surface area contributed by atoms with Gasteiger partial charge in [-0.3, -0.25) is 9.59 Å². The average molecular weight is 397 g/mol. The van der Waals surface area contributed by atoms with E-state index in [4.69, 9.17) is 23.2 Å². The Morgan fingerprint density at radius 2 is 1.62 bits per heavy atom. The minimum absolute atomic E-state index is 0.00277. The molecule has 26 heavy (non-hydrogen) atoms. The molecule has 0 unspecified atom stereocenters. The molecule has 1 heterocycles. The molecule has 3 rings (SSSR count). The van der Waals surface area contributed by atoms with Crippen LogP contribution in [0.1, 0.15) is 61.7 Å². The zero-order valence-electron chi connectivity index (χ0n) is 15.0. The number of benzene rings is 1. The predicted octanol–water partition coefficient (Wildman–Crippen LogP) is 4.68. The highest BCUT2D eigenvalue weighted by Gasteiger charge is 2.29. The second kappa shape index (κ2) is 9.09. The van der Waals surface area contributed by atoms with Gasteiger partial charge in [0.05, 0.1) is 10.6 Å². The van der Waals surface area contributed by atoms with Gasteiger partial charge in [0.15, 0.2) is 0 Å². The molecule has 0 atom stereocenters. The van der Waals surface area contributed by atoms with Gasteiger partial charge in [0.25, 0.3) is 5.91 Å². The molecule has 1 saturated heterocycles. The van der Waals surface area contributed by atoms with Crippen molar-refractivity contribution in [3.05, 3.63) is 33.8 Å². The highest BCUT2D eigenvalue weighted by Crippen LogP contribution is 2.25. The first-order valence-electron chi connectivity index (χ1n) is 9.59. The zero-order chi connectivity index (χ0) is 18.5. The highest BCUT2D eigenvalue weighted by atomic mass is 35.5. The summed E-state index contributed by atoms with van der Waals surface area (Å²) in [4.78, 5) is 27.0. The number of amides is 2. The predicted molar refractivity (Wildman–Crippen MR) is 105 cm³/mol. The molecule has 0 bridgehead atoms. The van der Waals surface area contributed by atoms with Crippen LogP contribution in [0, 0.1) is 5.92 Å². The summed E-state index contributed by atoms with van der Waals surface area (Å²) in [7, 11) is 0. The summed E-state index contributed by atoms with van der Waals surface area (Å²) in [6, 6.07) is 5.26. The highest BCUT2D eigenvalue weighted by molar-refractivity contribution is 6.36. The molecule has 0 aromatic heterocycles. The van der Waals surface area contributed by atoms with Crippen molar-refractivity contribution in [3.8, 4) is 0 Å². The summed E-state index contributed by atoms with van der Waals surface area (Å²) in [5.41, 5.74) is 0.470. The Morgan fingerprint density at radius 1 is 0.962 bits per heavy atom. The summed E-state index contributed by atoms with van der Waals surface area (Å²) in [5, 5.41) is 4.13. The van der Waals surface area contributed by atoms with Gasteiger partial charge >= 0.3 is 0 Å². The molecular weight excluding hydrogens is 371 g/mol. The molecule has 1 aromatic carbocycles. The van der Waals surface area contributed by atoms with Crippen molar-refractivity contribution in [1.82, 2.24) is 10.2 Å². The first-order chi connectivity index (χ1) is 12.5. The van der Waals surface area contributed by atoms with Crippen LogP contribution in [0.25, 0.3) is 0 Å². The van der Waals surface area contributed by atoms with Crippen LogP contribution in [0.15, 0.2) is 18.2 Å². The Bertz CT molecular complexity index is 649. The molecule has 2 aliphatic rings. The Kier molecular flexibility index (Phi) is 6.82. The Morgan fingerprint density at radius 3 is 2.23 bits per heavy atom. The quantitative estimate of drug-likeness (QED) is 0.753. The number of hydrogen-bond donors (Lipinski definition) is 1. The van der Waals surface area contributed by atoms with E-state index >= 15 is 0 Å². The van der Waals surface area contributed by atoms with E-state index in [0.717, 1.165) is 12.8 Å². The number of rotatable bonds is 3. The number of piperidine rings is 1. The van der Waals surface area contributed by atoms with Gasteiger partial charge in [-0.25, -0.2) is 0 Å². The van der Waals surface area contributed by atoms with Gasteiger partial charge < -0.3 is 10.2 Å². The maximum Gasteiger partial charge on any atom is 0.255 e. The minimum Gasteiger partial charge on any atom is -0.353 e. The van der Waals surface area contributed by atoms with Crippen LogP contribution in [-0.4, -0.2) is 35.8 Å². The van der Waals surface area contributed by atoms with E-state index < -0.39 is 0 Å². The molecule has 0 radical (unpaired) electrons. The van der Waals surface area contributed by atoms with Crippen molar-refractivity contribution in [2.45, 2.75) is 57.4 Å². The van der Waals surface area contributed by atoms with Crippen molar-refractivity contribution in [3.63, 3.8) is 0 Å². The molecule has 1 aromatic rings. The Labute approximate surface area is 165 Å². The standard InChI is InChI=1S/C20H26Cl2N2O2/c21-15-7-8-17(18(22)13-15)20(26)24-11-9-14(10-12-24)19(25)23-16-5-3-1-2-4-6-16/h7-8,13-14,16H,1-6,9-12H2,(H,23,25). The van der Waals surface area contributed by atoms with Gasteiger partial charge in [-0.05, 0) is 43.9 Å². The number of nitrogens with zero attached hydrogens (tertiary/aromatic N) is 1. The number of carbonyl (C=O) groups excluding carboxylic acids is 2. The first kappa shape index (κ1) is 19.5. The number of carbonyl (C=O) groups is 2. The van der Waals surface area contributed by atoms with E-state index in [0.29, 0.717) is 47.6 Å². The average Bonchev–Trinajstić information content (AvgIpc) is 2.90. The normalized spacial score (nSPS) is 19.8. The minimum atomic E-state index is -0.0886. The van der Waals surface area contributed by atoms with Gasteiger partial charge in [0.2, 0.25) is 5.91 Å². The molecule has 2 fully saturated rings. The number of halogens is 2. The molecule has 1 aliphatic heterocycles. The number of hydrogen-bond acceptors (Lipinski definition) is 2. The molecule has 1 aliphatic carbocycles. The fourth-order valence-electron chi connectivity index (χ4n) is 3.92. The van der Waals surface area contributed by atoms with Crippen molar-refractivity contribution < 1.29 is 9.59 Å². The number of nitrogens with one attached hydrogen (secondary N) is 1. The van der Waals surface area contributed by atoms with Crippen molar-refractivity contribution in [2.75, 3.05) is 13.1 Å². The molecule has 4 nitrogen and oxygen atoms in total. The fourth-order valence-corrected chi connectivity index (χ4v) is 4.41. The third-order valence-corrected chi connectivity index (χ3v) is 6.06. The lowest BCUT2D eigenvalue weighted by Gasteiger charge is -2.32. The maximum atomic E-state index is 12.7. The third-order valence-electron chi connectivity index (χ3n) is 5.52. The number of likely N-dealkylation sites (tertiary alicyclic amines) is 1. The van der Waals surface area contributed by atoms with E-state index in [2.05, 4.69) is 5.32 Å². The van der Waals surface area contributed by atoms with E-state index in [9.17, 15) is 9.59 Å². The van der Waals surface area contributed by atoms with Crippen LogP contribution >= 0.6 is 23.2 Å². The van der Waals surface area contributed by atoms with Gasteiger partial charge in [-0.15, -0.1) is 0 Å². The molecule has 2 amide bonds. The van der Waals surface area contributed by atoms with Crippen LogP contribution in [0.5, 0.6) is 0 Å². The topological polar surface area (TPSA) is 49.4 Å². The van der Waals surface area contributed by atoms with E-state index in [1.165, 1.54) is 25.7 Å². The summed E-state index contributed by atoms with van der Waals surface area (Å²) in [6.45, 7) is 1.17. The van der Waals surface area contributed by atoms with Crippen LogP contribution in [-0.2, 0) is 4.79 Å². The van der Waals surface area contributed by atoms with Crippen molar-refractivity contribution in [2.24, 2.45) is 5.92 Å². The SMILES string of the molecule is O=C(NC1CCCCCC1)C1CCN(C(=O)c2ccc(Cl)cc2Cl)CC1. The van der Waals surface area contributed by atoms with Crippen LogP contribution in [0.2, 0.25) is 10.0 Å². The Balaban J connectivity index is 1.51. The van der Waals surface area contributed by atoms with Crippen LogP contribution in [0.3, 0.4) is 0 Å². The largest absolute Gasteiger partial charge is 0.353 e. The molecule has 1 N–H and O–H groups in total. The van der Waals surface area contributed by atoms with E-state index in [1.54, 1.807) is 23.1 Å². The fraction of sp³-hybridized carbons (Fsp3) is 0.600. The monoisotopic (exact) mass is 396 g/mol. The molecule has 142 valence electrons. The van der Waals surface area contributed by atoms with Crippen molar-refractivity contribution in [1.29, 1.82) is 0 Å². The van der Waals surface area contributed by atoms with Crippen molar-refractivity contribution >= 4 is 35.0 Å². The Hall–Kier alpha value is -1.26. The summed E-state index contributed by atoms with van der Waals surface area (Å²) >= 11 is 12.0. The molecular formula is C20H26Cl2N2O2. The van der Waals surface area contributed by atoms with Gasteiger partial charge in [-0.1, -0.05) is 48.9 Å². The smallest absolute Gasteiger partial charge is 0.255 e.